The number of hydrogen-bond acceptors (Lipinski definition) is 3. The number of nitrogens with zero attached hydrogens (tertiary/aromatic N) is 2. The Morgan fingerprint density at radius 1 is 1.33 bits per heavy atom. The quantitative estimate of drug-likeness (QED) is 0.898. The van der Waals surface area contributed by atoms with Crippen molar-refractivity contribution in [2.75, 3.05) is 33.2 Å². The van der Waals surface area contributed by atoms with E-state index in [1.54, 1.807) is 0 Å². The fourth-order valence-electron chi connectivity index (χ4n) is 1.80. The summed E-state index contributed by atoms with van der Waals surface area (Å²) in [6.45, 7) is 3.43. The van der Waals surface area contributed by atoms with E-state index in [1.165, 1.54) is 18.2 Å². The first-order valence-electron chi connectivity index (χ1n) is 5.76. The molecule has 18 heavy (non-hydrogen) atoms. The highest BCUT2D eigenvalue weighted by Gasteiger charge is 2.17. The summed E-state index contributed by atoms with van der Waals surface area (Å²) in [6, 6.07) is 4.05. The number of carbonyl (C=O) groups is 1. The summed E-state index contributed by atoms with van der Waals surface area (Å²) in [4.78, 5) is 14.2. The van der Waals surface area contributed by atoms with E-state index < -0.39 is 0 Å². The first-order chi connectivity index (χ1) is 8.56. The van der Waals surface area contributed by atoms with Crippen molar-refractivity contribution < 1.29 is 9.18 Å². The van der Waals surface area contributed by atoms with Crippen molar-refractivity contribution in [3.63, 3.8) is 0 Å². The molecule has 0 atom stereocenters. The van der Waals surface area contributed by atoms with Crippen molar-refractivity contribution in [3.8, 4) is 0 Å². The number of amides is 1. The summed E-state index contributed by atoms with van der Waals surface area (Å²) in [5, 5.41) is 1.89. The number of hydrogen-bond donors (Lipinski definition) is 1. The van der Waals surface area contributed by atoms with Gasteiger partial charge in [0.1, 0.15) is 5.82 Å². The topological polar surface area (TPSA) is 35.6 Å². The molecule has 4 nitrogen and oxygen atoms in total. The van der Waals surface area contributed by atoms with E-state index in [-0.39, 0.29) is 11.7 Å². The van der Waals surface area contributed by atoms with Gasteiger partial charge in [-0.25, -0.2) is 9.40 Å². The molecule has 0 saturated carbocycles. The first-order valence-corrected chi connectivity index (χ1v) is 6.55. The minimum atomic E-state index is -0.363. The van der Waals surface area contributed by atoms with E-state index in [0.29, 0.717) is 10.0 Å². The minimum absolute atomic E-state index is 0.216. The second-order valence-corrected chi connectivity index (χ2v) is 5.21. The van der Waals surface area contributed by atoms with Crippen LogP contribution in [0.1, 0.15) is 10.4 Å². The molecule has 1 saturated heterocycles. The molecule has 1 aromatic carbocycles. The van der Waals surface area contributed by atoms with Gasteiger partial charge in [0.05, 0.1) is 5.56 Å². The van der Waals surface area contributed by atoms with Crippen molar-refractivity contribution in [2.45, 2.75) is 0 Å². The molecule has 0 spiro atoms. The van der Waals surface area contributed by atoms with Gasteiger partial charge in [-0.05, 0) is 41.2 Å². The molecule has 1 N–H and O–H groups in total. The molecular weight excluding hydrogens is 301 g/mol. The summed E-state index contributed by atoms with van der Waals surface area (Å²) in [5.41, 5.74) is 3.27. The molecule has 0 unspecified atom stereocenters. The molecule has 1 aromatic rings. The third-order valence-corrected chi connectivity index (χ3v) is 3.59. The highest BCUT2D eigenvalue weighted by Crippen LogP contribution is 2.18. The summed E-state index contributed by atoms with van der Waals surface area (Å²) in [5.74, 6) is -0.579. The average molecular weight is 316 g/mol. The van der Waals surface area contributed by atoms with E-state index >= 15 is 0 Å². The molecule has 1 aliphatic heterocycles. The normalized spacial score (nSPS) is 17.7. The zero-order valence-electron chi connectivity index (χ0n) is 10.1. The Morgan fingerprint density at radius 3 is 2.61 bits per heavy atom. The third kappa shape index (κ3) is 3.28. The fourth-order valence-corrected chi connectivity index (χ4v) is 2.33. The Kier molecular flexibility index (Phi) is 4.31. The summed E-state index contributed by atoms with van der Waals surface area (Å²) in [7, 11) is 2.05. The van der Waals surface area contributed by atoms with Crippen LogP contribution >= 0.6 is 15.9 Å². The predicted octanol–water partition coefficient (Wildman–Crippen LogP) is 1.48. The van der Waals surface area contributed by atoms with Crippen LogP contribution in [0.5, 0.6) is 0 Å². The van der Waals surface area contributed by atoms with Crippen molar-refractivity contribution in [3.05, 3.63) is 34.1 Å². The van der Waals surface area contributed by atoms with Crippen LogP contribution < -0.4 is 5.43 Å². The summed E-state index contributed by atoms with van der Waals surface area (Å²) >= 11 is 3.19. The van der Waals surface area contributed by atoms with E-state index in [1.807, 2.05) is 5.01 Å². The van der Waals surface area contributed by atoms with E-state index in [4.69, 9.17) is 0 Å². The van der Waals surface area contributed by atoms with E-state index in [9.17, 15) is 9.18 Å². The van der Waals surface area contributed by atoms with Gasteiger partial charge in [0.25, 0.3) is 5.91 Å². The highest BCUT2D eigenvalue weighted by molar-refractivity contribution is 9.10. The molecule has 0 aliphatic carbocycles. The molecule has 0 bridgehead atoms. The lowest BCUT2D eigenvalue weighted by Crippen LogP contribution is -2.52. The van der Waals surface area contributed by atoms with Gasteiger partial charge in [0.2, 0.25) is 0 Å². The van der Waals surface area contributed by atoms with Crippen LogP contribution in [-0.4, -0.2) is 49.0 Å². The third-order valence-electron chi connectivity index (χ3n) is 2.94. The molecule has 1 aliphatic rings. The standard InChI is InChI=1S/C12H15BrFN3O/c1-16-4-6-17(7-5-16)15-12(18)10-3-2-9(14)8-11(10)13/h2-3,8H,4-7H2,1H3,(H,15,18). The van der Waals surface area contributed by atoms with Gasteiger partial charge in [-0.15, -0.1) is 0 Å². The molecule has 1 heterocycles. The molecule has 6 heteroatoms. The number of carbonyl (C=O) groups excluding carboxylic acids is 1. The molecule has 1 amide bonds. The number of hydrazine groups is 1. The number of likely N-dealkylation sites (N-methyl/N-ethyl adjacent to an activating group) is 1. The van der Waals surface area contributed by atoms with Crippen LogP contribution in [-0.2, 0) is 0 Å². The Balaban J connectivity index is 1.99. The lowest BCUT2D eigenvalue weighted by molar-refractivity contribution is 0.0661. The van der Waals surface area contributed by atoms with Crippen LogP contribution in [0.25, 0.3) is 0 Å². The number of rotatable bonds is 2. The van der Waals surface area contributed by atoms with Gasteiger partial charge in [0, 0.05) is 30.7 Å². The molecular formula is C12H15BrFN3O. The number of nitrogens with one attached hydrogen (secondary N) is 1. The lowest BCUT2D eigenvalue weighted by atomic mass is 10.2. The maximum Gasteiger partial charge on any atom is 0.266 e. The van der Waals surface area contributed by atoms with Crippen molar-refractivity contribution in [1.29, 1.82) is 0 Å². The van der Waals surface area contributed by atoms with Crippen LogP contribution in [0, 0.1) is 5.82 Å². The van der Waals surface area contributed by atoms with Gasteiger partial charge in [-0.2, -0.15) is 0 Å². The monoisotopic (exact) mass is 315 g/mol. The van der Waals surface area contributed by atoms with Crippen molar-refractivity contribution in [1.82, 2.24) is 15.3 Å². The zero-order valence-corrected chi connectivity index (χ0v) is 11.7. The van der Waals surface area contributed by atoms with Crippen LogP contribution in [0.2, 0.25) is 0 Å². The second-order valence-electron chi connectivity index (χ2n) is 4.36. The molecule has 2 rings (SSSR count). The van der Waals surface area contributed by atoms with Gasteiger partial charge in [0.15, 0.2) is 0 Å². The Bertz CT molecular complexity index is 447. The predicted molar refractivity (Wildman–Crippen MR) is 70.6 cm³/mol. The maximum absolute atomic E-state index is 12.9. The number of halogens is 2. The van der Waals surface area contributed by atoms with E-state index in [0.717, 1.165) is 26.2 Å². The summed E-state index contributed by atoms with van der Waals surface area (Å²) in [6.07, 6.45) is 0. The van der Waals surface area contributed by atoms with Gasteiger partial charge < -0.3 is 4.90 Å². The van der Waals surface area contributed by atoms with E-state index in [2.05, 4.69) is 33.3 Å². The fraction of sp³-hybridized carbons (Fsp3) is 0.417. The number of piperazine rings is 1. The van der Waals surface area contributed by atoms with Gasteiger partial charge in [-0.1, -0.05) is 0 Å². The second kappa shape index (κ2) is 5.77. The molecule has 0 aromatic heterocycles. The first kappa shape index (κ1) is 13.5. The Hall–Kier alpha value is -0.980. The van der Waals surface area contributed by atoms with Gasteiger partial charge >= 0.3 is 0 Å². The number of benzene rings is 1. The zero-order chi connectivity index (χ0) is 13.1. The van der Waals surface area contributed by atoms with Crippen LogP contribution in [0.15, 0.2) is 22.7 Å². The SMILES string of the molecule is CN1CCN(NC(=O)c2ccc(F)cc2Br)CC1. The minimum Gasteiger partial charge on any atom is -0.304 e. The Labute approximate surface area is 114 Å². The molecule has 0 radical (unpaired) electrons. The van der Waals surface area contributed by atoms with Crippen LogP contribution in [0.4, 0.5) is 4.39 Å². The lowest BCUT2D eigenvalue weighted by Gasteiger charge is -2.32. The molecule has 1 fully saturated rings. The van der Waals surface area contributed by atoms with Crippen LogP contribution in [0.3, 0.4) is 0 Å². The van der Waals surface area contributed by atoms with Crippen molar-refractivity contribution in [2.24, 2.45) is 0 Å². The molecule has 98 valence electrons. The van der Waals surface area contributed by atoms with Crippen molar-refractivity contribution >= 4 is 21.8 Å². The maximum atomic E-state index is 12.9. The largest absolute Gasteiger partial charge is 0.304 e. The van der Waals surface area contributed by atoms with Gasteiger partial charge in [-0.3, -0.25) is 10.2 Å². The average Bonchev–Trinajstić information content (AvgIpc) is 2.32. The summed E-state index contributed by atoms with van der Waals surface area (Å²) < 4.78 is 13.4. The Morgan fingerprint density at radius 2 is 2.00 bits per heavy atom. The smallest absolute Gasteiger partial charge is 0.266 e. The highest BCUT2D eigenvalue weighted by atomic mass is 79.9.